The van der Waals surface area contributed by atoms with E-state index in [0.29, 0.717) is 68.9 Å². The minimum atomic E-state index is -3.14. The Bertz CT molecular complexity index is 3710. The molecule has 9 aromatic rings. The van der Waals surface area contributed by atoms with Crippen LogP contribution in [0, 0.1) is 11.3 Å². The van der Waals surface area contributed by atoms with Crippen LogP contribution >= 0.6 is 0 Å². The van der Waals surface area contributed by atoms with Crippen molar-refractivity contribution < 1.29 is 20.9 Å². The largest absolute Gasteiger partial charge is 0.455 e. The highest BCUT2D eigenvalue weighted by Crippen LogP contribution is 2.40. The van der Waals surface area contributed by atoms with E-state index in [9.17, 15) is 21.7 Å². The summed E-state index contributed by atoms with van der Waals surface area (Å²) in [4.78, 5) is 14.0. The lowest BCUT2D eigenvalue weighted by Gasteiger charge is -2.18. The standard InChI is InChI=1S/C63H60N4O/c1-41(2)56-34-59(48-16-7-5-8-17-48)65-38-50(56)26-22-43-30-44(23-27-51-39-66-60(35-57(51)42(3)4)49-18-9-6-10-19-49)32-45(31-43)24-28-52-40-67-61(36-58(52)47-14-11-12-15-47)55-21-13-20-54-53-29-25-46(37-64)33-62(53)68-63(54)55/h5-10,13,16-21,25,29-36,38-42,47H,11-12,14-15,22-24,26-28H2,1-4H3/i22D2,23D2,24D2,26D2,27D2,28D2. The predicted molar refractivity (Wildman–Crippen MR) is 279 cm³/mol. The zero-order chi connectivity index (χ0) is 57.3. The van der Waals surface area contributed by atoms with Gasteiger partial charge in [0.2, 0.25) is 0 Å². The first-order valence-corrected chi connectivity index (χ1v) is 23.5. The van der Waals surface area contributed by atoms with Gasteiger partial charge in [-0.2, -0.15) is 5.26 Å². The molecule has 1 fully saturated rings. The second-order valence-electron chi connectivity index (χ2n) is 18.1. The highest BCUT2D eigenvalue weighted by Gasteiger charge is 2.23. The minimum absolute atomic E-state index is 0.0745. The van der Waals surface area contributed by atoms with Crippen LogP contribution in [0.2, 0.25) is 0 Å². The molecule has 338 valence electrons. The lowest BCUT2D eigenvalue weighted by molar-refractivity contribution is 0.669. The molecule has 0 radical (unpaired) electrons. The van der Waals surface area contributed by atoms with Gasteiger partial charge in [0.15, 0.2) is 0 Å². The molecular formula is C63H60N4O. The number of benzene rings is 5. The van der Waals surface area contributed by atoms with Gasteiger partial charge in [0.25, 0.3) is 0 Å². The first kappa shape index (κ1) is 32.5. The number of nitriles is 1. The molecule has 0 unspecified atom stereocenters. The van der Waals surface area contributed by atoms with Gasteiger partial charge < -0.3 is 4.42 Å². The monoisotopic (exact) mass is 901 g/mol. The number of para-hydroxylation sites is 1. The van der Waals surface area contributed by atoms with Gasteiger partial charge in [0.1, 0.15) is 11.2 Å². The molecule has 0 saturated heterocycles. The van der Waals surface area contributed by atoms with Gasteiger partial charge in [-0.1, -0.05) is 132 Å². The Morgan fingerprint density at radius 1 is 0.559 bits per heavy atom. The molecule has 5 nitrogen and oxygen atoms in total. The lowest BCUT2D eigenvalue weighted by Crippen LogP contribution is -2.06. The predicted octanol–water partition coefficient (Wildman–Crippen LogP) is 15.9. The number of hydrogen-bond donors (Lipinski definition) is 0. The van der Waals surface area contributed by atoms with Gasteiger partial charge >= 0.3 is 0 Å². The fourth-order valence-corrected chi connectivity index (χ4v) is 9.27. The Kier molecular flexibility index (Phi) is 9.56. The Balaban J connectivity index is 1.15. The highest BCUT2D eigenvalue weighted by atomic mass is 16.3. The topological polar surface area (TPSA) is 75.6 Å². The summed E-state index contributed by atoms with van der Waals surface area (Å²) in [7, 11) is 0. The van der Waals surface area contributed by atoms with Crippen LogP contribution in [-0.4, -0.2) is 15.0 Å². The lowest BCUT2D eigenvalue weighted by atomic mass is 9.88. The fourth-order valence-electron chi connectivity index (χ4n) is 9.27. The van der Waals surface area contributed by atoms with Crippen molar-refractivity contribution in [3.63, 3.8) is 0 Å². The third-order valence-electron chi connectivity index (χ3n) is 12.8. The molecule has 1 aliphatic carbocycles. The quantitative estimate of drug-likeness (QED) is 0.102. The van der Waals surface area contributed by atoms with E-state index in [1.54, 1.807) is 30.3 Å². The van der Waals surface area contributed by atoms with Gasteiger partial charge in [0, 0.05) is 62.5 Å². The Morgan fingerprint density at radius 3 is 1.63 bits per heavy atom. The molecule has 0 amide bonds. The van der Waals surface area contributed by atoms with Crippen LogP contribution in [0.5, 0.6) is 0 Å². The molecule has 5 aromatic carbocycles. The van der Waals surface area contributed by atoms with E-state index in [-0.39, 0.29) is 34.4 Å². The number of pyridine rings is 3. The number of furan rings is 1. The van der Waals surface area contributed by atoms with Crippen molar-refractivity contribution in [2.24, 2.45) is 0 Å². The van der Waals surface area contributed by atoms with E-state index in [4.69, 9.17) is 9.40 Å². The fraction of sp³-hybridized carbons (Fsp3) is 0.270. The Hall–Kier alpha value is -7.16. The van der Waals surface area contributed by atoms with Crippen molar-refractivity contribution in [2.45, 2.75) is 109 Å². The highest BCUT2D eigenvalue weighted by molar-refractivity contribution is 6.09. The molecule has 0 N–H and O–H groups in total. The average molecular weight is 901 g/mol. The number of nitrogens with zero attached hydrogens (tertiary/aromatic N) is 4. The average Bonchev–Trinajstić information content (AvgIpc) is 4.26. The number of hydrogen-bond acceptors (Lipinski definition) is 5. The van der Waals surface area contributed by atoms with Crippen LogP contribution in [0.3, 0.4) is 0 Å². The molecule has 5 heteroatoms. The van der Waals surface area contributed by atoms with Gasteiger partial charge in [-0.3, -0.25) is 15.0 Å². The summed E-state index contributed by atoms with van der Waals surface area (Å²) < 4.78 is 125. The van der Waals surface area contributed by atoms with Gasteiger partial charge in [-0.05, 0) is 161 Å². The molecule has 0 spiro atoms. The molecule has 4 aromatic heterocycles. The molecule has 1 saturated carbocycles. The van der Waals surface area contributed by atoms with Gasteiger partial charge in [-0.25, -0.2) is 0 Å². The summed E-state index contributed by atoms with van der Waals surface area (Å²) in [6.45, 7) is 7.41. The molecule has 0 bridgehead atoms. The van der Waals surface area contributed by atoms with E-state index >= 15 is 0 Å². The van der Waals surface area contributed by atoms with Gasteiger partial charge in [0.05, 0.1) is 28.7 Å². The van der Waals surface area contributed by atoms with Crippen molar-refractivity contribution in [3.8, 4) is 39.8 Å². The van der Waals surface area contributed by atoms with E-state index < -0.39 is 54.9 Å². The van der Waals surface area contributed by atoms with Crippen LogP contribution < -0.4 is 0 Å². The van der Waals surface area contributed by atoms with Crippen LogP contribution in [0.1, 0.15) is 143 Å². The summed E-state index contributed by atoms with van der Waals surface area (Å²) >= 11 is 0. The van der Waals surface area contributed by atoms with Crippen LogP contribution in [-0.2, 0) is 38.2 Å². The molecule has 1 aliphatic rings. The Labute approximate surface area is 418 Å². The van der Waals surface area contributed by atoms with Crippen LogP contribution in [0.25, 0.3) is 55.7 Å². The van der Waals surface area contributed by atoms with E-state index in [1.165, 1.54) is 18.6 Å². The molecule has 4 heterocycles. The molecule has 68 heavy (non-hydrogen) atoms. The third-order valence-corrected chi connectivity index (χ3v) is 12.8. The summed E-state index contributed by atoms with van der Waals surface area (Å²) in [5.41, 5.74) is 4.65. The van der Waals surface area contributed by atoms with Crippen molar-refractivity contribution >= 4 is 21.9 Å². The smallest absolute Gasteiger partial charge is 0.144 e. The number of fused-ring (bicyclic) bond motifs is 3. The van der Waals surface area contributed by atoms with Gasteiger partial charge in [-0.15, -0.1) is 0 Å². The molecule has 0 aliphatic heterocycles. The third kappa shape index (κ3) is 9.65. The summed E-state index contributed by atoms with van der Waals surface area (Å²) in [6, 6.07) is 39.9. The van der Waals surface area contributed by atoms with E-state index in [0.717, 1.165) is 52.9 Å². The molecule has 0 atom stereocenters. The first-order valence-electron chi connectivity index (χ1n) is 29.5. The summed E-state index contributed by atoms with van der Waals surface area (Å²) in [6.07, 6.45) is -11.2. The van der Waals surface area contributed by atoms with E-state index in [1.807, 2.05) is 113 Å². The zero-order valence-corrected chi connectivity index (χ0v) is 38.7. The van der Waals surface area contributed by atoms with E-state index in [2.05, 4.69) is 16.0 Å². The molecule has 10 rings (SSSR count). The maximum atomic E-state index is 10.0. The van der Waals surface area contributed by atoms with Crippen molar-refractivity contribution in [1.82, 2.24) is 15.0 Å². The summed E-state index contributed by atoms with van der Waals surface area (Å²) in [5.74, 6) is -0.868. The summed E-state index contributed by atoms with van der Waals surface area (Å²) in [5, 5.41) is 11.2. The molecular weight excluding hydrogens is 829 g/mol. The number of aryl methyl sites for hydroxylation is 6. The second kappa shape index (κ2) is 20.0. The first-order chi connectivity index (χ1) is 37.8. The Morgan fingerprint density at radius 2 is 1.09 bits per heavy atom. The zero-order valence-electron chi connectivity index (χ0n) is 50.7. The normalized spacial score (nSPS) is 16.9. The van der Waals surface area contributed by atoms with Crippen molar-refractivity contribution in [2.75, 3.05) is 0 Å². The minimum Gasteiger partial charge on any atom is -0.455 e. The maximum Gasteiger partial charge on any atom is 0.144 e. The second-order valence-corrected chi connectivity index (χ2v) is 18.1. The van der Waals surface area contributed by atoms with Crippen LogP contribution in [0.15, 0.2) is 156 Å². The van der Waals surface area contributed by atoms with Crippen molar-refractivity contribution in [1.29, 1.82) is 5.26 Å². The van der Waals surface area contributed by atoms with Crippen LogP contribution in [0.4, 0.5) is 0 Å². The number of rotatable bonds is 15. The maximum absolute atomic E-state index is 10.0. The SMILES string of the molecule is [2H]C([2H])(c1cc(C([2H])([2H])C([2H])([2H])c2cnc(-c3ccccc3)cc2C(C)C)cc(C([2H])([2H])C([2H])([2H])c2cnc(-c3cccc4c3oc3cc(C#N)ccc34)cc2C2CCCC2)c1)C([2H])([2H])c1cnc(-c2ccccc2)cc1C(C)C. The number of aromatic nitrogens is 3. The van der Waals surface area contributed by atoms with Crippen molar-refractivity contribution in [3.05, 3.63) is 208 Å².